The number of nitro benzene ring substituents is 1. The normalized spacial score (nSPS) is 10.7. The lowest BCUT2D eigenvalue weighted by atomic mass is 10.1. The van der Waals surface area contributed by atoms with Gasteiger partial charge >= 0.3 is 6.09 Å². The summed E-state index contributed by atoms with van der Waals surface area (Å²) in [7, 11) is 2.70. The van der Waals surface area contributed by atoms with E-state index in [1.807, 2.05) is 0 Å². The molecule has 0 aliphatic rings. The number of nitro groups is 1. The van der Waals surface area contributed by atoms with Crippen molar-refractivity contribution in [3.63, 3.8) is 0 Å². The third-order valence-electron chi connectivity index (χ3n) is 4.15. The molecule has 10 heteroatoms. The molecule has 1 amide bonds. The third-order valence-corrected chi connectivity index (χ3v) is 4.39. The Balaban J connectivity index is 2.28. The molecule has 2 aromatic carbocycles. The molecule has 3 aromatic rings. The molecule has 0 atom stereocenters. The van der Waals surface area contributed by atoms with Gasteiger partial charge in [0.2, 0.25) is 0 Å². The standard InChI is InChI=1S/C18H14ClN3O6/c1-20-16(21(2)18(24)25)15(14-9-10(19)3-8-13(14)17(20)23)28-12-6-4-11(5-7-12)22(26)27/h3-9H,1-2H3,(H,24,25). The van der Waals surface area contributed by atoms with Gasteiger partial charge in [0.1, 0.15) is 5.75 Å². The topological polar surface area (TPSA) is 115 Å². The summed E-state index contributed by atoms with van der Waals surface area (Å²) in [6, 6.07) is 9.83. The molecule has 1 heterocycles. The van der Waals surface area contributed by atoms with Crippen molar-refractivity contribution < 1.29 is 19.6 Å². The van der Waals surface area contributed by atoms with E-state index in [0.29, 0.717) is 10.4 Å². The molecule has 0 aliphatic heterocycles. The molecule has 0 spiro atoms. The lowest BCUT2D eigenvalue weighted by Crippen LogP contribution is -2.31. The number of nitrogens with zero attached hydrogens (tertiary/aromatic N) is 3. The Morgan fingerprint density at radius 1 is 1.21 bits per heavy atom. The number of hydrogen-bond donors (Lipinski definition) is 1. The molecular weight excluding hydrogens is 390 g/mol. The second-order valence-corrected chi connectivity index (χ2v) is 6.34. The van der Waals surface area contributed by atoms with Crippen LogP contribution < -0.4 is 15.2 Å². The van der Waals surface area contributed by atoms with Crippen molar-refractivity contribution in [1.29, 1.82) is 0 Å². The fourth-order valence-electron chi connectivity index (χ4n) is 2.76. The molecular formula is C18H14ClN3O6. The van der Waals surface area contributed by atoms with Gasteiger partial charge in [0.15, 0.2) is 11.6 Å². The first-order valence-corrected chi connectivity index (χ1v) is 8.29. The Kier molecular flexibility index (Phi) is 4.93. The second kappa shape index (κ2) is 7.20. The van der Waals surface area contributed by atoms with Crippen molar-refractivity contribution in [1.82, 2.24) is 4.57 Å². The summed E-state index contributed by atoms with van der Waals surface area (Å²) in [4.78, 5) is 35.4. The van der Waals surface area contributed by atoms with Gasteiger partial charge in [0.05, 0.1) is 10.3 Å². The number of rotatable bonds is 4. The number of amides is 1. The first kappa shape index (κ1) is 19.2. The highest BCUT2D eigenvalue weighted by atomic mass is 35.5. The second-order valence-electron chi connectivity index (χ2n) is 5.90. The van der Waals surface area contributed by atoms with Crippen molar-refractivity contribution in [2.75, 3.05) is 11.9 Å². The highest BCUT2D eigenvalue weighted by Crippen LogP contribution is 2.38. The molecule has 0 saturated heterocycles. The number of non-ortho nitro benzene ring substituents is 1. The minimum absolute atomic E-state index is 0.00869. The maximum absolute atomic E-state index is 12.7. The van der Waals surface area contributed by atoms with Gasteiger partial charge in [0, 0.05) is 36.6 Å². The van der Waals surface area contributed by atoms with Gasteiger partial charge in [-0.2, -0.15) is 0 Å². The van der Waals surface area contributed by atoms with Crippen LogP contribution >= 0.6 is 11.6 Å². The maximum Gasteiger partial charge on any atom is 0.412 e. The molecule has 9 nitrogen and oxygen atoms in total. The van der Waals surface area contributed by atoms with Crippen LogP contribution in [0.15, 0.2) is 47.3 Å². The fraction of sp³-hybridized carbons (Fsp3) is 0.111. The Morgan fingerprint density at radius 3 is 2.43 bits per heavy atom. The lowest BCUT2D eigenvalue weighted by molar-refractivity contribution is -0.384. The van der Waals surface area contributed by atoms with Gasteiger partial charge in [-0.3, -0.25) is 24.4 Å². The average molecular weight is 404 g/mol. The first-order valence-electron chi connectivity index (χ1n) is 7.92. The fourth-order valence-corrected chi connectivity index (χ4v) is 2.93. The van der Waals surface area contributed by atoms with Gasteiger partial charge < -0.3 is 9.84 Å². The molecule has 0 saturated carbocycles. The van der Waals surface area contributed by atoms with Crippen LogP contribution in [0.25, 0.3) is 10.8 Å². The van der Waals surface area contributed by atoms with Crippen LogP contribution in [0, 0.1) is 10.1 Å². The molecule has 0 fully saturated rings. The van der Waals surface area contributed by atoms with Crippen molar-refractivity contribution >= 4 is 40.0 Å². The van der Waals surface area contributed by atoms with E-state index in [1.54, 1.807) is 6.07 Å². The van der Waals surface area contributed by atoms with E-state index < -0.39 is 16.6 Å². The highest BCUT2D eigenvalue weighted by Gasteiger charge is 2.23. The predicted octanol–water partition coefficient (Wildman–Crippen LogP) is 4.01. The van der Waals surface area contributed by atoms with Gasteiger partial charge in [-0.05, 0) is 30.3 Å². The number of ether oxygens (including phenoxy) is 1. The van der Waals surface area contributed by atoms with E-state index in [9.17, 15) is 24.8 Å². The van der Waals surface area contributed by atoms with E-state index >= 15 is 0 Å². The molecule has 28 heavy (non-hydrogen) atoms. The zero-order valence-electron chi connectivity index (χ0n) is 14.7. The molecule has 0 aliphatic carbocycles. The largest absolute Gasteiger partial charge is 0.465 e. The zero-order valence-corrected chi connectivity index (χ0v) is 15.5. The minimum Gasteiger partial charge on any atom is -0.465 e. The summed E-state index contributed by atoms with van der Waals surface area (Å²) in [6.45, 7) is 0. The van der Waals surface area contributed by atoms with Gasteiger partial charge in [-0.1, -0.05) is 11.6 Å². The van der Waals surface area contributed by atoms with Gasteiger partial charge in [-0.15, -0.1) is 0 Å². The third kappa shape index (κ3) is 3.35. The summed E-state index contributed by atoms with van der Waals surface area (Å²) in [6.07, 6.45) is -1.30. The van der Waals surface area contributed by atoms with Crippen molar-refractivity contribution in [3.8, 4) is 11.5 Å². The van der Waals surface area contributed by atoms with Crippen LogP contribution in [0.2, 0.25) is 5.02 Å². The zero-order chi connectivity index (χ0) is 20.6. The number of halogens is 1. The average Bonchev–Trinajstić information content (AvgIpc) is 2.66. The van der Waals surface area contributed by atoms with E-state index in [0.717, 1.165) is 9.47 Å². The number of benzene rings is 2. The number of carboxylic acid groups (broad SMARTS) is 1. The van der Waals surface area contributed by atoms with Crippen LogP contribution in [0.4, 0.5) is 16.3 Å². The van der Waals surface area contributed by atoms with E-state index in [2.05, 4.69) is 0 Å². The van der Waals surface area contributed by atoms with E-state index in [4.69, 9.17) is 16.3 Å². The summed E-state index contributed by atoms with van der Waals surface area (Å²) in [5.41, 5.74) is -0.547. The van der Waals surface area contributed by atoms with Crippen LogP contribution in [0.1, 0.15) is 0 Å². The highest BCUT2D eigenvalue weighted by molar-refractivity contribution is 6.31. The van der Waals surface area contributed by atoms with Crippen LogP contribution in [-0.4, -0.2) is 27.7 Å². The Labute approximate surface area is 163 Å². The van der Waals surface area contributed by atoms with E-state index in [-0.39, 0.29) is 28.4 Å². The maximum atomic E-state index is 12.7. The number of aromatic nitrogens is 1. The molecule has 0 radical (unpaired) electrons. The summed E-state index contributed by atoms with van der Waals surface area (Å²) in [5.74, 6) is 0.300. The SMILES string of the molecule is CN(C(=O)O)c1c(Oc2ccc([N+](=O)[O-])cc2)c2cc(Cl)ccc2c(=O)n1C. The van der Waals surface area contributed by atoms with Crippen molar-refractivity contribution in [3.05, 3.63) is 68.0 Å². The Bertz CT molecular complexity index is 1160. The molecule has 0 bridgehead atoms. The molecule has 3 rings (SSSR count). The Morgan fingerprint density at radius 2 is 1.86 bits per heavy atom. The number of pyridine rings is 1. The number of anilines is 1. The van der Waals surface area contributed by atoms with E-state index in [1.165, 1.54) is 50.5 Å². The lowest BCUT2D eigenvalue weighted by Gasteiger charge is -2.22. The van der Waals surface area contributed by atoms with Crippen LogP contribution in [0.5, 0.6) is 11.5 Å². The first-order chi connectivity index (χ1) is 13.2. The summed E-state index contributed by atoms with van der Waals surface area (Å²) < 4.78 is 7.03. The van der Waals surface area contributed by atoms with Crippen LogP contribution in [0.3, 0.4) is 0 Å². The molecule has 0 unspecified atom stereocenters. The smallest absolute Gasteiger partial charge is 0.412 e. The Hall–Kier alpha value is -3.59. The number of fused-ring (bicyclic) bond motifs is 1. The molecule has 1 N–H and O–H groups in total. The minimum atomic E-state index is -1.30. The number of carbonyl (C=O) groups is 1. The van der Waals surface area contributed by atoms with Gasteiger partial charge in [0.25, 0.3) is 11.2 Å². The molecule has 144 valence electrons. The van der Waals surface area contributed by atoms with Crippen LogP contribution in [-0.2, 0) is 7.05 Å². The van der Waals surface area contributed by atoms with Crippen molar-refractivity contribution in [2.24, 2.45) is 7.05 Å². The van der Waals surface area contributed by atoms with Crippen molar-refractivity contribution in [2.45, 2.75) is 0 Å². The number of hydrogen-bond acceptors (Lipinski definition) is 5. The summed E-state index contributed by atoms with van der Waals surface area (Å²) in [5, 5.41) is 21.2. The predicted molar refractivity (Wildman–Crippen MR) is 104 cm³/mol. The van der Waals surface area contributed by atoms with Gasteiger partial charge in [-0.25, -0.2) is 4.79 Å². The molecule has 1 aromatic heterocycles. The monoisotopic (exact) mass is 403 g/mol. The summed E-state index contributed by atoms with van der Waals surface area (Å²) >= 11 is 6.07. The quantitative estimate of drug-likeness (QED) is 0.520.